The number of furan rings is 2. The average Bonchev–Trinajstić information content (AvgIpc) is 3.96. The van der Waals surface area contributed by atoms with Crippen molar-refractivity contribution in [2.75, 3.05) is 24.9 Å². The van der Waals surface area contributed by atoms with Crippen LogP contribution in [0.2, 0.25) is 0 Å². The number of ether oxygens (including phenoxy) is 2. The highest BCUT2D eigenvalue weighted by molar-refractivity contribution is 6.04. The van der Waals surface area contributed by atoms with Crippen molar-refractivity contribution in [1.29, 1.82) is 0 Å². The minimum absolute atomic E-state index is 0.0432. The van der Waals surface area contributed by atoms with Gasteiger partial charge in [0.2, 0.25) is 0 Å². The molecule has 2 aromatic heterocycles. The minimum Gasteiger partial charge on any atom is -0.494 e. The fraction of sp³-hybridized carbons (Fsp3) is 0.397. The van der Waals surface area contributed by atoms with E-state index in [2.05, 4.69) is 104 Å². The number of para-hydroxylation sites is 1. The SMILES string of the molecule is CC(=O)c1cccc(NC(=O)c2ccc(Cc3cc4c(cc3C)C(C)(C)CCC4(C)C)o2)c1.COc1cccc(OC)c1NC(=O)c1ccc(Cc2cc3c(cc2C)C(C)(C)CCC3(C)C)o1. The Morgan fingerprint density at radius 3 is 1.36 bits per heavy atom. The number of methoxy groups -OCH3 is 2. The Balaban J connectivity index is 0.000000199. The molecule has 6 aromatic rings. The number of nitrogens with one attached hydrogen (secondary N) is 2. The van der Waals surface area contributed by atoms with Crippen molar-refractivity contribution < 1.29 is 32.7 Å². The van der Waals surface area contributed by atoms with E-state index in [1.807, 2.05) is 18.2 Å². The van der Waals surface area contributed by atoms with E-state index in [9.17, 15) is 14.4 Å². The predicted molar refractivity (Wildman–Crippen MR) is 268 cm³/mol. The van der Waals surface area contributed by atoms with E-state index in [0.29, 0.717) is 41.3 Å². The highest BCUT2D eigenvalue weighted by Gasteiger charge is 2.39. The van der Waals surface area contributed by atoms with Gasteiger partial charge in [0.15, 0.2) is 17.3 Å². The van der Waals surface area contributed by atoms with Gasteiger partial charge in [-0.15, -0.1) is 0 Å². The first-order valence-corrected chi connectivity index (χ1v) is 23.4. The van der Waals surface area contributed by atoms with Gasteiger partial charge in [0.25, 0.3) is 11.8 Å². The van der Waals surface area contributed by atoms with Crippen LogP contribution in [0.4, 0.5) is 11.4 Å². The first kappa shape index (κ1) is 48.6. The Morgan fingerprint density at radius 1 is 0.537 bits per heavy atom. The van der Waals surface area contributed by atoms with E-state index in [1.165, 1.54) is 77.1 Å². The summed E-state index contributed by atoms with van der Waals surface area (Å²) < 4.78 is 22.6. The van der Waals surface area contributed by atoms with Gasteiger partial charge in [-0.2, -0.15) is 0 Å². The van der Waals surface area contributed by atoms with Gasteiger partial charge >= 0.3 is 0 Å². The summed E-state index contributed by atoms with van der Waals surface area (Å²) in [6.07, 6.45) is 6.01. The van der Waals surface area contributed by atoms with Crippen LogP contribution in [0, 0.1) is 13.8 Å². The zero-order chi connectivity index (χ0) is 48.6. The predicted octanol–water partition coefficient (Wildman–Crippen LogP) is 13.8. The topological polar surface area (TPSA) is 120 Å². The molecule has 0 aliphatic heterocycles. The third-order valence-corrected chi connectivity index (χ3v) is 14.3. The molecule has 0 fully saturated rings. The number of aryl methyl sites for hydroxylation is 2. The summed E-state index contributed by atoms with van der Waals surface area (Å²) in [7, 11) is 3.11. The van der Waals surface area contributed by atoms with Crippen LogP contribution >= 0.6 is 0 Å². The molecule has 0 atom stereocenters. The maximum atomic E-state index is 12.9. The minimum atomic E-state index is -0.348. The summed E-state index contributed by atoms with van der Waals surface area (Å²) in [5, 5.41) is 5.68. The second kappa shape index (κ2) is 18.7. The number of ketones is 1. The first-order valence-electron chi connectivity index (χ1n) is 23.4. The summed E-state index contributed by atoms with van der Waals surface area (Å²) >= 11 is 0. The van der Waals surface area contributed by atoms with E-state index in [0.717, 1.165) is 11.5 Å². The Bertz CT molecular complexity index is 2810. The number of Topliss-reactive ketones (excluding diaryl/α,β-unsaturated/α-hetero) is 1. The van der Waals surface area contributed by atoms with Gasteiger partial charge in [-0.25, -0.2) is 0 Å². The number of benzene rings is 4. The van der Waals surface area contributed by atoms with Crippen molar-refractivity contribution in [1.82, 2.24) is 0 Å². The van der Waals surface area contributed by atoms with Gasteiger partial charge in [-0.1, -0.05) is 97.9 Å². The number of amides is 2. The highest BCUT2D eigenvalue weighted by Crippen LogP contribution is 2.48. The van der Waals surface area contributed by atoms with Gasteiger partial charge in [0, 0.05) is 24.1 Å². The second-order valence-electron chi connectivity index (χ2n) is 21.2. The van der Waals surface area contributed by atoms with Crippen molar-refractivity contribution in [2.45, 2.75) is 136 Å². The maximum absolute atomic E-state index is 12.9. The summed E-state index contributed by atoms with van der Waals surface area (Å²) in [5.74, 6) is 2.35. The van der Waals surface area contributed by atoms with E-state index in [4.69, 9.17) is 18.3 Å². The van der Waals surface area contributed by atoms with Crippen LogP contribution in [0.1, 0.15) is 175 Å². The molecule has 4 aromatic carbocycles. The van der Waals surface area contributed by atoms with Crippen molar-refractivity contribution in [2.24, 2.45) is 0 Å². The lowest BCUT2D eigenvalue weighted by atomic mass is 9.62. The van der Waals surface area contributed by atoms with Crippen molar-refractivity contribution in [3.63, 3.8) is 0 Å². The fourth-order valence-corrected chi connectivity index (χ4v) is 9.64. The number of rotatable bonds is 11. The molecule has 2 heterocycles. The summed E-state index contributed by atoms with van der Waals surface area (Å²) in [4.78, 5) is 37.2. The lowest BCUT2D eigenvalue weighted by molar-refractivity contribution is 0.0987. The van der Waals surface area contributed by atoms with Gasteiger partial charge < -0.3 is 28.9 Å². The third-order valence-electron chi connectivity index (χ3n) is 14.3. The quantitative estimate of drug-likeness (QED) is 0.124. The zero-order valence-corrected chi connectivity index (χ0v) is 41.8. The fourth-order valence-electron chi connectivity index (χ4n) is 9.64. The number of hydrogen-bond donors (Lipinski definition) is 2. The zero-order valence-electron chi connectivity index (χ0n) is 41.8. The number of carbonyl (C=O) groups excluding carboxylic acids is 3. The number of fused-ring (bicyclic) bond motifs is 2. The van der Waals surface area contributed by atoms with Crippen LogP contribution in [0.15, 0.2) is 99.8 Å². The van der Waals surface area contributed by atoms with Crippen LogP contribution in [0.5, 0.6) is 11.5 Å². The van der Waals surface area contributed by atoms with E-state index < -0.39 is 0 Å². The standard InChI is InChI=1S/C29H35NO4.C29H33NO3/c1-18-15-21-22(29(4,5)14-13-28(21,2)3)17-19(18)16-20-11-12-25(34-20)27(31)30-26-23(32-6)9-8-10-24(26)33-7;1-18-14-24-25(29(5,6)13-12-28(24,3)4)17-21(18)16-23-10-11-26(33-23)27(32)30-22-9-7-8-20(15-22)19(2)31/h8-12,15,17H,13-14,16H2,1-7H3,(H,30,31);7-11,14-15,17H,12-13,16H2,1-6H3,(H,30,32). The lowest BCUT2D eigenvalue weighted by Crippen LogP contribution is -2.34. The highest BCUT2D eigenvalue weighted by atomic mass is 16.5. The van der Waals surface area contributed by atoms with Crippen LogP contribution in [0.25, 0.3) is 0 Å². The van der Waals surface area contributed by atoms with Gasteiger partial charge in [-0.05, 0) is 161 Å². The van der Waals surface area contributed by atoms with Gasteiger partial charge in [0.1, 0.15) is 28.7 Å². The molecule has 0 spiro atoms. The molecule has 2 N–H and O–H groups in total. The van der Waals surface area contributed by atoms with E-state index >= 15 is 0 Å². The smallest absolute Gasteiger partial charge is 0.291 e. The molecular weight excluding hydrogens is 837 g/mol. The molecule has 0 unspecified atom stereocenters. The van der Waals surface area contributed by atoms with Crippen LogP contribution in [-0.2, 0) is 34.5 Å². The summed E-state index contributed by atoms with van der Waals surface area (Å²) in [6, 6.07) is 28.8. The number of anilines is 2. The Labute approximate surface area is 397 Å². The number of carbonyl (C=O) groups is 3. The maximum Gasteiger partial charge on any atom is 0.291 e. The Kier molecular flexibility index (Phi) is 13.6. The molecule has 352 valence electrons. The molecule has 0 radical (unpaired) electrons. The lowest BCUT2D eigenvalue weighted by Gasteiger charge is -2.42. The summed E-state index contributed by atoms with van der Waals surface area (Å²) in [5.41, 5.74) is 13.0. The van der Waals surface area contributed by atoms with Crippen LogP contribution in [-0.4, -0.2) is 31.8 Å². The van der Waals surface area contributed by atoms with Gasteiger partial charge in [-0.3, -0.25) is 14.4 Å². The molecule has 0 bridgehead atoms. The molecular formula is C58H68N2O7. The average molecular weight is 905 g/mol. The van der Waals surface area contributed by atoms with Crippen molar-refractivity contribution in [3.05, 3.63) is 164 Å². The van der Waals surface area contributed by atoms with Crippen molar-refractivity contribution in [3.8, 4) is 11.5 Å². The molecule has 8 rings (SSSR count). The van der Waals surface area contributed by atoms with Gasteiger partial charge in [0.05, 0.1) is 14.2 Å². The third kappa shape index (κ3) is 10.5. The first-order chi connectivity index (χ1) is 31.5. The molecule has 67 heavy (non-hydrogen) atoms. The molecule has 9 nitrogen and oxygen atoms in total. The van der Waals surface area contributed by atoms with Crippen molar-refractivity contribution >= 4 is 29.0 Å². The molecule has 0 saturated carbocycles. The second-order valence-corrected chi connectivity index (χ2v) is 21.2. The Morgan fingerprint density at radius 2 is 0.940 bits per heavy atom. The van der Waals surface area contributed by atoms with E-state index in [-0.39, 0.29) is 50.8 Å². The number of hydrogen-bond acceptors (Lipinski definition) is 7. The molecule has 2 aliphatic rings. The molecule has 9 heteroatoms. The van der Waals surface area contributed by atoms with Crippen LogP contribution < -0.4 is 20.1 Å². The monoisotopic (exact) mass is 905 g/mol. The molecule has 2 amide bonds. The van der Waals surface area contributed by atoms with E-state index in [1.54, 1.807) is 62.8 Å². The van der Waals surface area contributed by atoms with Crippen LogP contribution in [0.3, 0.4) is 0 Å². The molecule has 0 saturated heterocycles. The summed E-state index contributed by atoms with van der Waals surface area (Å²) in [6.45, 7) is 24.5. The largest absolute Gasteiger partial charge is 0.494 e. The Hall–Kier alpha value is -6.35. The normalized spacial score (nSPS) is 16.1. The molecule has 2 aliphatic carbocycles.